The summed E-state index contributed by atoms with van der Waals surface area (Å²) < 4.78 is 25.2. The third-order valence-corrected chi connectivity index (χ3v) is 1.32. The van der Waals surface area contributed by atoms with Crippen molar-refractivity contribution in [2.75, 3.05) is 7.05 Å². The lowest BCUT2D eigenvalue weighted by Crippen LogP contribution is -2.34. The highest BCUT2D eigenvalue weighted by Gasteiger charge is 2.03. The minimum absolute atomic E-state index is 0.312. The number of halogens is 2. The van der Waals surface area contributed by atoms with Crippen LogP contribution >= 0.6 is 0 Å². The summed E-state index contributed by atoms with van der Waals surface area (Å²) in [6.07, 6.45) is 2.39. The Morgan fingerprint density at radius 1 is 1.57 bits per heavy atom. The normalized spacial score (nSPS) is 12.9. The van der Waals surface area contributed by atoms with Crippen LogP contribution in [0, 0.1) is 5.41 Å². The highest BCUT2D eigenvalue weighted by Crippen LogP contribution is 2.00. The number of nitrogens with zero attached hydrogens (tertiary/aromatic N) is 1. The SMILES string of the molecule is C=C/C(F)=C\NN(C)/C(N)=C(/F)C=N. The second kappa shape index (κ2) is 5.74. The van der Waals surface area contributed by atoms with E-state index in [4.69, 9.17) is 11.1 Å². The molecule has 0 unspecified atom stereocenters. The smallest absolute Gasteiger partial charge is 0.182 e. The molecule has 0 aliphatic heterocycles. The average Bonchev–Trinajstić information content (AvgIpc) is 2.22. The Morgan fingerprint density at radius 3 is 2.57 bits per heavy atom. The van der Waals surface area contributed by atoms with E-state index >= 15 is 0 Å². The zero-order valence-electron chi connectivity index (χ0n) is 7.72. The second-order valence-corrected chi connectivity index (χ2v) is 2.30. The first-order valence-corrected chi connectivity index (χ1v) is 3.66. The van der Waals surface area contributed by atoms with Crippen molar-refractivity contribution in [3.63, 3.8) is 0 Å². The average molecular weight is 202 g/mol. The van der Waals surface area contributed by atoms with Crippen molar-refractivity contribution >= 4 is 6.21 Å². The van der Waals surface area contributed by atoms with Crippen LogP contribution in [-0.4, -0.2) is 18.3 Å². The minimum atomic E-state index is -0.910. The van der Waals surface area contributed by atoms with Gasteiger partial charge < -0.3 is 16.6 Å². The molecule has 0 aliphatic rings. The Labute approximate surface area is 80.9 Å². The fourth-order valence-corrected chi connectivity index (χ4v) is 0.521. The molecule has 0 atom stereocenters. The van der Waals surface area contributed by atoms with E-state index in [2.05, 4.69) is 12.0 Å². The summed E-state index contributed by atoms with van der Waals surface area (Å²) in [5, 5.41) is 7.62. The van der Waals surface area contributed by atoms with E-state index in [1.54, 1.807) is 0 Å². The van der Waals surface area contributed by atoms with E-state index in [0.717, 1.165) is 17.3 Å². The van der Waals surface area contributed by atoms with E-state index < -0.39 is 11.7 Å². The third-order valence-electron chi connectivity index (χ3n) is 1.32. The van der Waals surface area contributed by atoms with Crippen LogP contribution in [0.2, 0.25) is 0 Å². The van der Waals surface area contributed by atoms with E-state index in [1.807, 2.05) is 0 Å². The number of allylic oxidation sites excluding steroid dienone is 3. The summed E-state index contributed by atoms with van der Waals surface area (Å²) in [4.78, 5) is 0. The monoisotopic (exact) mass is 202 g/mol. The zero-order chi connectivity index (χ0) is 11.1. The summed E-state index contributed by atoms with van der Waals surface area (Å²) in [6.45, 7) is 3.18. The van der Waals surface area contributed by atoms with Crippen molar-refractivity contribution in [1.82, 2.24) is 10.4 Å². The van der Waals surface area contributed by atoms with Gasteiger partial charge in [0.15, 0.2) is 11.6 Å². The molecular weight excluding hydrogens is 190 g/mol. The summed E-state index contributed by atoms with van der Waals surface area (Å²) in [5.41, 5.74) is 7.59. The number of nitrogens with two attached hydrogens (primary N) is 1. The first kappa shape index (κ1) is 12.2. The van der Waals surface area contributed by atoms with Gasteiger partial charge in [0.05, 0.1) is 12.4 Å². The number of hydrazine groups is 1. The lowest BCUT2D eigenvalue weighted by molar-refractivity contribution is 0.333. The summed E-state index contributed by atoms with van der Waals surface area (Å²) in [5.74, 6) is -1.83. The van der Waals surface area contributed by atoms with Gasteiger partial charge in [0.1, 0.15) is 5.83 Å². The molecule has 6 heteroatoms. The first-order valence-electron chi connectivity index (χ1n) is 3.66. The van der Waals surface area contributed by atoms with Gasteiger partial charge in [-0.15, -0.1) is 0 Å². The van der Waals surface area contributed by atoms with Gasteiger partial charge in [-0.2, -0.15) is 0 Å². The molecule has 0 bridgehead atoms. The van der Waals surface area contributed by atoms with Crippen LogP contribution in [0.3, 0.4) is 0 Å². The van der Waals surface area contributed by atoms with Crippen LogP contribution in [0.5, 0.6) is 0 Å². The third kappa shape index (κ3) is 3.70. The topological polar surface area (TPSA) is 65.1 Å². The number of hydrogen-bond donors (Lipinski definition) is 3. The second-order valence-electron chi connectivity index (χ2n) is 2.30. The van der Waals surface area contributed by atoms with E-state index in [0.29, 0.717) is 6.21 Å². The highest BCUT2D eigenvalue weighted by atomic mass is 19.1. The highest BCUT2D eigenvalue weighted by molar-refractivity contribution is 5.73. The molecular formula is C8H12F2N4. The molecule has 0 rings (SSSR count). The molecule has 0 radical (unpaired) electrons. The van der Waals surface area contributed by atoms with Gasteiger partial charge in [0.2, 0.25) is 0 Å². The largest absolute Gasteiger partial charge is 0.382 e. The number of hydrogen-bond acceptors (Lipinski definition) is 4. The van der Waals surface area contributed by atoms with Crippen LogP contribution in [0.4, 0.5) is 8.78 Å². The molecule has 78 valence electrons. The lowest BCUT2D eigenvalue weighted by atomic mass is 10.5. The Hall–Kier alpha value is -1.85. The first-order chi connectivity index (χ1) is 6.52. The van der Waals surface area contributed by atoms with Crippen molar-refractivity contribution in [2.45, 2.75) is 0 Å². The van der Waals surface area contributed by atoms with Crippen LogP contribution in [0.1, 0.15) is 0 Å². The van der Waals surface area contributed by atoms with Crippen LogP contribution < -0.4 is 11.2 Å². The van der Waals surface area contributed by atoms with Crippen LogP contribution in [0.15, 0.2) is 36.3 Å². The standard InChI is InChI=1S/C8H12F2N4/c1-3-6(9)5-13-14(2)8(12)7(10)4-11/h3-5,11,13H,1,12H2,2H3/b6-5+,8-7+,11-4?. The molecule has 0 aliphatic carbocycles. The van der Waals surface area contributed by atoms with Gasteiger partial charge in [0, 0.05) is 7.05 Å². The molecule has 0 aromatic rings. The summed E-state index contributed by atoms with van der Waals surface area (Å²) in [6, 6.07) is 0. The van der Waals surface area contributed by atoms with Gasteiger partial charge in [-0.25, -0.2) is 8.78 Å². The fraction of sp³-hybridized carbons (Fsp3) is 0.125. The Bertz CT molecular complexity index is 283. The van der Waals surface area contributed by atoms with Gasteiger partial charge in [0.25, 0.3) is 0 Å². The Balaban J connectivity index is 4.43. The van der Waals surface area contributed by atoms with Gasteiger partial charge in [-0.3, -0.25) is 5.01 Å². The molecule has 4 nitrogen and oxygen atoms in total. The maximum absolute atomic E-state index is 12.7. The maximum atomic E-state index is 12.7. The van der Waals surface area contributed by atoms with Crippen molar-refractivity contribution in [3.05, 3.63) is 36.3 Å². The van der Waals surface area contributed by atoms with E-state index in [1.165, 1.54) is 7.05 Å². The van der Waals surface area contributed by atoms with Gasteiger partial charge in [-0.05, 0) is 6.08 Å². The van der Waals surface area contributed by atoms with Crippen molar-refractivity contribution < 1.29 is 8.78 Å². The predicted octanol–water partition coefficient (Wildman–Crippen LogP) is 1.17. The van der Waals surface area contributed by atoms with Crippen LogP contribution in [-0.2, 0) is 0 Å². The molecule has 0 heterocycles. The van der Waals surface area contributed by atoms with Crippen molar-refractivity contribution in [2.24, 2.45) is 5.73 Å². The summed E-state index contributed by atoms with van der Waals surface area (Å²) >= 11 is 0. The quantitative estimate of drug-likeness (QED) is 0.356. The molecule has 0 fully saturated rings. The maximum Gasteiger partial charge on any atom is 0.182 e. The predicted molar refractivity (Wildman–Crippen MR) is 51.4 cm³/mol. The molecule has 4 N–H and O–H groups in total. The van der Waals surface area contributed by atoms with Gasteiger partial charge >= 0.3 is 0 Å². The van der Waals surface area contributed by atoms with Crippen molar-refractivity contribution in [1.29, 1.82) is 5.41 Å². The molecule has 0 aromatic carbocycles. The number of rotatable bonds is 5. The molecule has 0 amide bonds. The lowest BCUT2D eigenvalue weighted by Gasteiger charge is -2.18. The van der Waals surface area contributed by atoms with E-state index in [-0.39, 0.29) is 5.82 Å². The Morgan fingerprint density at radius 2 is 2.14 bits per heavy atom. The molecule has 0 aromatic heterocycles. The number of nitrogens with one attached hydrogen (secondary N) is 2. The van der Waals surface area contributed by atoms with Crippen molar-refractivity contribution in [3.8, 4) is 0 Å². The van der Waals surface area contributed by atoms with Gasteiger partial charge in [-0.1, -0.05) is 6.58 Å². The molecule has 14 heavy (non-hydrogen) atoms. The zero-order valence-corrected chi connectivity index (χ0v) is 7.72. The van der Waals surface area contributed by atoms with E-state index in [9.17, 15) is 8.78 Å². The molecule has 0 saturated carbocycles. The summed E-state index contributed by atoms with van der Waals surface area (Å²) in [7, 11) is 1.38. The molecule has 0 spiro atoms. The minimum Gasteiger partial charge on any atom is -0.382 e. The Kier molecular flexibility index (Phi) is 4.98. The molecule has 0 saturated heterocycles. The van der Waals surface area contributed by atoms with Crippen LogP contribution in [0.25, 0.3) is 0 Å². The fourth-order valence-electron chi connectivity index (χ4n) is 0.521.